The number of benzene rings is 1. The molecule has 0 amide bonds. The molecule has 0 heterocycles. The van der Waals surface area contributed by atoms with Crippen molar-refractivity contribution in [2.24, 2.45) is 0 Å². The average Bonchev–Trinajstić information content (AvgIpc) is 2.28. The Kier molecular flexibility index (Phi) is 4.42. The van der Waals surface area contributed by atoms with Gasteiger partial charge in [0.15, 0.2) is 0 Å². The van der Waals surface area contributed by atoms with E-state index >= 15 is 0 Å². The first-order valence-electron chi connectivity index (χ1n) is 5.00. The van der Waals surface area contributed by atoms with Crippen molar-refractivity contribution in [1.29, 1.82) is 0 Å². The Hall–Kier alpha value is -1.66. The third-order valence-electron chi connectivity index (χ3n) is 1.95. The molecule has 0 radical (unpaired) electrons. The molecule has 6 heteroatoms. The normalized spacial score (nSPS) is 10.8. The number of rotatable bonds is 4. The Bertz CT molecular complexity index is 388. The number of hydrogen-bond acceptors (Lipinski definition) is 5. The fraction of sp³-hybridized carbons (Fsp3) is 0.273. The SMILES string of the molecule is CO[Si](OC(C)=O)(OC(C)=O)c1ccccc1. The largest absolute Gasteiger partial charge is 0.672 e. The van der Waals surface area contributed by atoms with Crippen molar-refractivity contribution in [1.82, 2.24) is 0 Å². The monoisotopic (exact) mass is 254 g/mol. The van der Waals surface area contributed by atoms with Gasteiger partial charge in [0.2, 0.25) is 0 Å². The maximum Gasteiger partial charge on any atom is 0.672 e. The van der Waals surface area contributed by atoms with Crippen molar-refractivity contribution in [2.75, 3.05) is 7.11 Å². The maximum atomic E-state index is 11.1. The highest BCUT2D eigenvalue weighted by molar-refractivity contribution is 6.77. The topological polar surface area (TPSA) is 61.8 Å². The Labute approximate surface area is 101 Å². The zero-order valence-corrected chi connectivity index (χ0v) is 10.9. The summed E-state index contributed by atoms with van der Waals surface area (Å²) in [5, 5.41) is 0.563. The van der Waals surface area contributed by atoms with Crippen LogP contribution in [0.15, 0.2) is 30.3 Å². The highest BCUT2D eigenvalue weighted by atomic mass is 28.4. The quantitative estimate of drug-likeness (QED) is 0.736. The van der Waals surface area contributed by atoms with Gasteiger partial charge in [-0.1, -0.05) is 30.3 Å². The van der Waals surface area contributed by atoms with E-state index in [4.69, 9.17) is 13.3 Å². The summed E-state index contributed by atoms with van der Waals surface area (Å²) >= 11 is 0. The number of carbonyl (C=O) groups excluding carboxylic acids is 2. The van der Waals surface area contributed by atoms with E-state index in [1.807, 2.05) is 0 Å². The molecule has 0 N–H and O–H groups in total. The summed E-state index contributed by atoms with van der Waals surface area (Å²) in [5.41, 5.74) is 0. The van der Waals surface area contributed by atoms with E-state index in [0.717, 1.165) is 0 Å². The van der Waals surface area contributed by atoms with Crippen LogP contribution in [0.2, 0.25) is 0 Å². The lowest BCUT2D eigenvalue weighted by molar-refractivity contribution is -0.141. The van der Waals surface area contributed by atoms with Gasteiger partial charge in [-0.2, -0.15) is 0 Å². The molecule has 0 aliphatic carbocycles. The minimum absolute atomic E-state index is 0.552. The first-order valence-corrected chi connectivity index (χ1v) is 6.72. The average molecular weight is 254 g/mol. The van der Waals surface area contributed by atoms with Crippen molar-refractivity contribution in [3.63, 3.8) is 0 Å². The van der Waals surface area contributed by atoms with Gasteiger partial charge in [-0.15, -0.1) is 0 Å². The van der Waals surface area contributed by atoms with Gasteiger partial charge in [-0.3, -0.25) is 9.59 Å². The lowest BCUT2D eigenvalue weighted by Crippen LogP contribution is -2.57. The molecule has 0 aliphatic rings. The first-order chi connectivity index (χ1) is 8.00. The smallest absolute Gasteiger partial charge is 0.461 e. The van der Waals surface area contributed by atoms with E-state index in [1.54, 1.807) is 30.3 Å². The van der Waals surface area contributed by atoms with Crippen LogP contribution in [-0.4, -0.2) is 27.9 Å². The first kappa shape index (κ1) is 13.4. The molecule has 5 nitrogen and oxygen atoms in total. The zero-order chi connectivity index (χ0) is 12.9. The predicted octanol–water partition coefficient (Wildman–Crippen LogP) is 0.605. The lowest BCUT2D eigenvalue weighted by atomic mass is 10.4. The molecule has 0 fully saturated rings. The number of hydrogen-bond donors (Lipinski definition) is 0. The minimum Gasteiger partial charge on any atom is -0.461 e. The van der Waals surface area contributed by atoms with Crippen LogP contribution in [0.25, 0.3) is 0 Å². The van der Waals surface area contributed by atoms with Crippen LogP contribution in [0.4, 0.5) is 0 Å². The molecule has 0 aromatic heterocycles. The standard InChI is InChI=1S/C11H14O5Si/c1-9(12)15-17(14-3,16-10(2)13)11-7-5-4-6-8-11/h4-8H,1-3H3. The molecule has 17 heavy (non-hydrogen) atoms. The summed E-state index contributed by atoms with van der Waals surface area (Å²) < 4.78 is 15.4. The fourth-order valence-corrected chi connectivity index (χ4v) is 3.40. The van der Waals surface area contributed by atoms with E-state index in [1.165, 1.54) is 21.0 Å². The molecule has 92 valence electrons. The molecule has 0 atom stereocenters. The van der Waals surface area contributed by atoms with Gasteiger partial charge in [0, 0.05) is 26.1 Å². The van der Waals surface area contributed by atoms with E-state index in [-0.39, 0.29) is 0 Å². The molecule has 0 spiro atoms. The second-order valence-electron chi connectivity index (χ2n) is 3.31. The Morgan fingerprint density at radius 1 is 1.00 bits per heavy atom. The highest BCUT2D eigenvalue weighted by Gasteiger charge is 2.49. The fourth-order valence-electron chi connectivity index (χ4n) is 1.36. The second kappa shape index (κ2) is 5.60. The molecular formula is C11H14O5Si. The molecule has 1 aromatic carbocycles. The predicted molar refractivity (Wildman–Crippen MR) is 62.4 cm³/mol. The van der Waals surface area contributed by atoms with E-state index in [9.17, 15) is 9.59 Å². The second-order valence-corrected chi connectivity index (χ2v) is 5.82. The van der Waals surface area contributed by atoms with Gasteiger partial charge in [-0.25, -0.2) is 0 Å². The molecule has 1 aromatic rings. The van der Waals surface area contributed by atoms with Gasteiger partial charge in [0.05, 0.1) is 0 Å². The van der Waals surface area contributed by atoms with Gasteiger partial charge >= 0.3 is 8.80 Å². The molecule has 0 saturated carbocycles. The van der Waals surface area contributed by atoms with Crippen LogP contribution in [0.1, 0.15) is 13.8 Å². The van der Waals surface area contributed by atoms with E-state index in [2.05, 4.69) is 0 Å². The van der Waals surface area contributed by atoms with Crippen LogP contribution >= 0.6 is 0 Å². The summed E-state index contributed by atoms with van der Waals surface area (Å²) in [4.78, 5) is 22.2. The summed E-state index contributed by atoms with van der Waals surface area (Å²) in [6.07, 6.45) is 0. The lowest BCUT2D eigenvalue weighted by Gasteiger charge is -2.25. The summed E-state index contributed by atoms with van der Waals surface area (Å²) in [6.45, 7) is 2.49. The summed E-state index contributed by atoms with van der Waals surface area (Å²) in [5.74, 6) is -1.10. The summed E-state index contributed by atoms with van der Waals surface area (Å²) in [7, 11) is -2.12. The van der Waals surface area contributed by atoms with Crippen molar-refractivity contribution >= 4 is 25.9 Å². The van der Waals surface area contributed by atoms with Crippen LogP contribution in [0.5, 0.6) is 0 Å². The van der Waals surface area contributed by atoms with Gasteiger partial charge in [0.1, 0.15) is 0 Å². The minimum atomic E-state index is -3.47. The molecule has 0 unspecified atom stereocenters. The van der Waals surface area contributed by atoms with Crippen molar-refractivity contribution in [2.45, 2.75) is 13.8 Å². The third-order valence-corrected chi connectivity index (χ3v) is 4.64. The van der Waals surface area contributed by atoms with Crippen LogP contribution < -0.4 is 5.19 Å². The van der Waals surface area contributed by atoms with Crippen LogP contribution in [0, 0.1) is 0 Å². The van der Waals surface area contributed by atoms with Crippen molar-refractivity contribution in [3.05, 3.63) is 30.3 Å². The summed E-state index contributed by atoms with van der Waals surface area (Å²) in [6, 6.07) is 8.70. The molecule has 0 bridgehead atoms. The molecule has 0 aliphatic heterocycles. The highest BCUT2D eigenvalue weighted by Crippen LogP contribution is 2.10. The Morgan fingerprint density at radius 3 is 1.82 bits per heavy atom. The third kappa shape index (κ3) is 3.40. The van der Waals surface area contributed by atoms with Crippen LogP contribution in [0.3, 0.4) is 0 Å². The Morgan fingerprint density at radius 2 is 1.47 bits per heavy atom. The molecule has 1 rings (SSSR count). The van der Waals surface area contributed by atoms with E-state index < -0.39 is 20.7 Å². The zero-order valence-electron chi connectivity index (χ0n) is 9.93. The number of carbonyl (C=O) groups is 2. The van der Waals surface area contributed by atoms with Gasteiger partial charge < -0.3 is 13.3 Å². The van der Waals surface area contributed by atoms with Crippen LogP contribution in [-0.2, 0) is 22.9 Å². The van der Waals surface area contributed by atoms with Crippen molar-refractivity contribution in [3.8, 4) is 0 Å². The Balaban J connectivity index is 3.15. The van der Waals surface area contributed by atoms with E-state index in [0.29, 0.717) is 5.19 Å². The molecule has 0 saturated heterocycles. The van der Waals surface area contributed by atoms with Gasteiger partial charge in [-0.05, 0) is 0 Å². The maximum absolute atomic E-state index is 11.1. The molecular weight excluding hydrogens is 240 g/mol. The van der Waals surface area contributed by atoms with Gasteiger partial charge in [0.25, 0.3) is 11.9 Å². The van der Waals surface area contributed by atoms with Crippen molar-refractivity contribution < 1.29 is 22.9 Å².